The fourth-order valence-electron chi connectivity index (χ4n) is 2.56. The van der Waals surface area contributed by atoms with Crippen LogP contribution in [0.2, 0.25) is 0 Å². The Morgan fingerprint density at radius 1 is 1.33 bits per heavy atom. The molecule has 2 heterocycles. The molecule has 18 heavy (non-hydrogen) atoms. The van der Waals surface area contributed by atoms with E-state index in [0.29, 0.717) is 6.04 Å². The molecule has 0 bridgehead atoms. The van der Waals surface area contributed by atoms with Gasteiger partial charge in [-0.05, 0) is 31.5 Å². The largest absolute Gasteiger partial charge is 0.423 e. The van der Waals surface area contributed by atoms with Gasteiger partial charge in [-0.1, -0.05) is 19.1 Å². The molecule has 0 spiro atoms. The normalized spacial score (nSPS) is 17.5. The molecular formula is C14H19N3O. The Hall–Kier alpha value is -1.55. The molecule has 1 aliphatic heterocycles. The number of nitrogens with one attached hydrogen (secondary N) is 1. The number of oxazole rings is 1. The summed E-state index contributed by atoms with van der Waals surface area (Å²) in [5.41, 5.74) is 1.82. The monoisotopic (exact) mass is 245 g/mol. The lowest BCUT2D eigenvalue weighted by atomic mass is 10.1. The first-order valence-corrected chi connectivity index (χ1v) is 6.70. The van der Waals surface area contributed by atoms with Crippen molar-refractivity contribution < 1.29 is 4.42 Å². The SMILES string of the molecule is CCNC1CCN(c2nc3ccccc3o2)CC1. The van der Waals surface area contributed by atoms with Gasteiger partial charge in [0.1, 0.15) is 5.52 Å². The van der Waals surface area contributed by atoms with Gasteiger partial charge in [-0.25, -0.2) is 0 Å². The number of aromatic nitrogens is 1. The smallest absolute Gasteiger partial charge is 0.298 e. The predicted octanol–water partition coefficient (Wildman–Crippen LogP) is 2.41. The number of anilines is 1. The van der Waals surface area contributed by atoms with Crippen LogP contribution in [-0.2, 0) is 0 Å². The van der Waals surface area contributed by atoms with E-state index < -0.39 is 0 Å². The number of hydrogen-bond donors (Lipinski definition) is 1. The fraction of sp³-hybridized carbons (Fsp3) is 0.500. The second-order valence-electron chi connectivity index (χ2n) is 4.78. The molecule has 4 nitrogen and oxygen atoms in total. The molecule has 96 valence electrons. The molecule has 0 aliphatic carbocycles. The number of piperidine rings is 1. The van der Waals surface area contributed by atoms with Crippen LogP contribution in [0.4, 0.5) is 6.01 Å². The third kappa shape index (κ3) is 2.20. The average molecular weight is 245 g/mol. The van der Waals surface area contributed by atoms with Crippen molar-refractivity contribution in [1.29, 1.82) is 0 Å². The van der Waals surface area contributed by atoms with Crippen LogP contribution in [0.15, 0.2) is 28.7 Å². The Labute approximate surface area is 107 Å². The Bertz CT molecular complexity index is 481. The zero-order valence-corrected chi connectivity index (χ0v) is 10.7. The second kappa shape index (κ2) is 4.98. The predicted molar refractivity (Wildman–Crippen MR) is 72.9 cm³/mol. The summed E-state index contributed by atoms with van der Waals surface area (Å²) in [4.78, 5) is 6.79. The van der Waals surface area contributed by atoms with Crippen LogP contribution in [0.1, 0.15) is 19.8 Å². The first-order valence-electron chi connectivity index (χ1n) is 6.70. The summed E-state index contributed by atoms with van der Waals surface area (Å²) in [7, 11) is 0. The van der Waals surface area contributed by atoms with E-state index in [2.05, 4.69) is 22.1 Å². The van der Waals surface area contributed by atoms with Gasteiger partial charge < -0.3 is 14.6 Å². The average Bonchev–Trinajstić information content (AvgIpc) is 2.84. The second-order valence-corrected chi connectivity index (χ2v) is 4.78. The minimum atomic E-state index is 0.649. The highest BCUT2D eigenvalue weighted by Gasteiger charge is 2.21. The van der Waals surface area contributed by atoms with Crippen LogP contribution < -0.4 is 10.2 Å². The van der Waals surface area contributed by atoms with E-state index in [1.54, 1.807) is 0 Å². The van der Waals surface area contributed by atoms with E-state index >= 15 is 0 Å². The third-order valence-corrected chi connectivity index (χ3v) is 3.54. The highest BCUT2D eigenvalue weighted by atomic mass is 16.4. The van der Waals surface area contributed by atoms with Gasteiger partial charge in [-0.2, -0.15) is 4.98 Å². The molecule has 2 aromatic rings. The van der Waals surface area contributed by atoms with Crippen LogP contribution in [0.25, 0.3) is 11.1 Å². The molecule has 3 rings (SSSR count). The van der Waals surface area contributed by atoms with E-state index in [4.69, 9.17) is 4.42 Å². The summed E-state index contributed by atoms with van der Waals surface area (Å²) in [5.74, 6) is 0. The summed E-state index contributed by atoms with van der Waals surface area (Å²) in [6.07, 6.45) is 2.32. The number of para-hydroxylation sites is 2. The highest BCUT2D eigenvalue weighted by molar-refractivity contribution is 5.74. The topological polar surface area (TPSA) is 41.3 Å². The standard InChI is InChI=1S/C14H19N3O/c1-2-15-11-7-9-17(10-8-11)14-16-12-5-3-4-6-13(12)18-14/h3-6,11,15H,2,7-10H2,1H3. The van der Waals surface area contributed by atoms with Gasteiger partial charge in [0, 0.05) is 19.1 Å². The molecule has 0 atom stereocenters. The minimum Gasteiger partial charge on any atom is -0.423 e. The van der Waals surface area contributed by atoms with Gasteiger partial charge in [0.15, 0.2) is 5.58 Å². The van der Waals surface area contributed by atoms with Gasteiger partial charge >= 0.3 is 0 Å². The molecule has 0 amide bonds. The van der Waals surface area contributed by atoms with Gasteiger partial charge in [0.25, 0.3) is 6.01 Å². The lowest BCUT2D eigenvalue weighted by Gasteiger charge is -2.31. The first-order chi connectivity index (χ1) is 8.86. The molecular weight excluding hydrogens is 226 g/mol. The van der Waals surface area contributed by atoms with Crippen LogP contribution in [-0.4, -0.2) is 30.7 Å². The molecule has 0 radical (unpaired) electrons. The maximum Gasteiger partial charge on any atom is 0.298 e. The Balaban J connectivity index is 1.72. The third-order valence-electron chi connectivity index (χ3n) is 3.54. The summed E-state index contributed by atoms with van der Waals surface area (Å²) in [6.45, 7) is 5.25. The number of fused-ring (bicyclic) bond motifs is 1. The molecule has 1 aromatic heterocycles. The zero-order chi connectivity index (χ0) is 12.4. The van der Waals surface area contributed by atoms with E-state index in [0.717, 1.165) is 49.6 Å². The van der Waals surface area contributed by atoms with Crippen molar-refractivity contribution in [3.63, 3.8) is 0 Å². The maximum absolute atomic E-state index is 5.80. The molecule has 1 fully saturated rings. The molecule has 1 aromatic carbocycles. The number of hydrogen-bond acceptors (Lipinski definition) is 4. The lowest BCUT2D eigenvalue weighted by Crippen LogP contribution is -2.42. The molecule has 1 saturated heterocycles. The first kappa shape index (κ1) is 11.5. The summed E-state index contributed by atoms with van der Waals surface area (Å²) in [5, 5.41) is 3.51. The van der Waals surface area contributed by atoms with Crippen LogP contribution in [0, 0.1) is 0 Å². The van der Waals surface area contributed by atoms with Gasteiger partial charge in [-0.15, -0.1) is 0 Å². The van der Waals surface area contributed by atoms with E-state index in [1.165, 1.54) is 0 Å². The maximum atomic E-state index is 5.80. The number of nitrogens with zero attached hydrogens (tertiary/aromatic N) is 2. The Morgan fingerprint density at radius 2 is 2.11 bits per heavy atom. The molecule has 4 heteroatoms. The lowest BCUT2D eigenvalue weighted by molar-refractivity contribution is 0.408. The minimum absolute atomic E-state index is 0.649. The van der Waals surface area contributed by atoms with Crippen molar-refractivity contribution in [3.05, 3.63) is 24.3 Å². The van der Waals surface area contributed by atoms with E-state index in [1.807, 2.05) is 24.3 Å². The summed E-state index contributed by atoms with van der Waals surface area (Å²) < 4.78 is 5.80. The number of rotatable bonds is 3. The zero-order valence-electron chi connectivity index (χ0n) is 10.7. The fourth-order valence-corrected chi connectivity index (χ4v) is 2.56. The Morgan fingerprint density at radius 3 is 2.83 bits per heavy atom. The van der Waals surface area contributed by atoms with Crippen molar-refractivity contribution in [2.45, 2.75) is 25.8 Å². The molecule has 1 aliphatic rings. The van der Waals surface area contributed by atoms with Gasteiger partial charge in [0.05, 0.1) is 0 Å². The van der Waals surface area contributed by atoms with Gasteiger partial charge in [0.2, 0.25) is 0 Å². The summed E-state index contributed by atoms with van der Waals surface area (Å²) >= 11 is 0. The highest BCUT2D eigenvalue weighted by Crippen LogP contribution is 2.24. The Kier molecular flexibility index (Phi) is 3.19. The van der Waals surface area contributed by atoms with Crippen molar-refractivity contribution in [2.75, 3.05) is 24.5 Å². The van der Waals surface area contributed by atoms with Crippen LogP contribution in [0.3, 0.4) is 0 Å². The number of benzene rings is 1. The van der Waals surface area contributed by atoms with Crippen molar-refractivity contribution in [1.82, 2.24) is 10.3 Å². The van der Waals surface area contributed by atoms with Crippen LogP contribution >= 0.6 is 0 Å². The molecule has 0 saturated carbocycles. The van der Waals surface area contributed by atoms with Gasteiger partial charge in [-0.3, -0.25) is 0 Å². The van der Waals surface area contributed by atoms with Crippen molar-refractivity contribution in [3.8, 4) is 0 Å². The molecule has 0 unspecified atom stereocenters. The quantitative estimate of drug-likeness (QED) is 0.901. The van der Waals surface area contributed by atoms with E-state index in [-0.39, 0.29) is 0 Å². The van der Waals surface area contributed by atoms with Crippen molar-refractivity contribution in [2.24, 2.45) is 0 Å². The summed E-state index contributed by atoms with van der Waals surface area (Å²) in [6, 6.07) is 9.35. The van der Waals surface area contributed by atoms with Crippen LogP contribution in [0.5, 0.6) is 0 Å². The van der Waals surface area contributed by atoms with E-state index in [9.17, 15) is 0 Å². The molecule has 1 N–H and O–H groups in total. The van der Waals surface area contributed by atoms with Crippen molar-refractivity contribution >= 4 is 17.1 Å².